The lowest BCUT2D eigenvalue weighted by Gasteiger charge is -2.19. The summed E-state index contributed by atoms with van der Waals surface area (Å²) < 4.78 is 10.8. The summed E-state index contributed by atoms with van der Waals surface area (Å²) in [6, 6.07) is 8.87. The Morgan fingerprint density at radius 2 is 2.08 bits per heavy atom. The molecule has 1 amide bonds. The van der Waals surface area contributed by atoms with Gasteiger partial charge in [0.25, 0.3) is 11.8 Å². The zero-order chi connectivity index (χ0) is 16.9. The number of rotatable bonds is 6. The molecule has 3 heterocycles. The predicted molar refractivity (Wildman–Crippen MR) is 86.0 cm³/mol. The van der Waals surface area contributed by atoms with Crippen LogP contribution in [0.4, 0.5) is 0 Å². The van der Waals surface area contributed by atoms with E-state index in [1.165, 1.54) is 6.26 Å². The first-order valence-corrected chi connectivity index (χ1v) is 7.76. The number of furan rings is 1. The van der Waals surface area contributed by atoms with Crippen LogP contribution in [0.3, 0.4) is 0 Å². The van der Waals surface area contributed by atoms with Crippen molar-refractivity contribution < 1.29 is 13.6 Å². The van der Waals surface area contributed by atoms with Gasteiger partial charge in [-0.05, 0) is 37.6 Å². The molecule has 3 aromatic rings. The Hall–Kier alpha value is -2.96. The lowest BCUT2D eigenvalue weighted by molar-refractivity contribution is 0.0722. The Morgan fingerprint density at radius 3 is 2.79 bits per heavy atom. The molecule has 0 spiro atoms. The molecule has 0 aliphatic heterocycles. The van der Waals surface area contributed by atoms with Gasteiger partial charge in [-0.2, -0.15) is 0 Å². The number of carbonyl (C=O) groups excluding carboxylic acids is 1. The minimum atomic E-state index is -0.154. The van der Waals surface area contributed by atoms with E-state index in [9.17, 15) is 4.79 Å². The Morgan fingerprint density at radius 1 is 1.21 bits per heavy atom. The van der Waals surface area contributed by atoms with Crippen molar-refractivity contribution in [3.05, 3.63) is 53.9 Å². The summed E-state index contributed by atoms with van der Waals surface area (Å²) in [6.45, 7) is 4.67. The first kappa shape index (κ1) is 15.9. The maximum atomic E-state index is 12.7. The molecular weight excluding hydrogens is 308 g/mol. The molecule has 0 saturated carbocycles. The molecule has 0 aliphatic rings. The first-order valence-electron chi connectivity index (χ1n) is 7.76. The van der Waals surface area contributed by atoms with E-state index in [0.29, 0.717) is 29.8 Å². The van der Waals surface area contributed by atoms with Crippen molar-refractivity contribution in [3.8, 4) is 11.7 Å². The molecule has 0 aromatic carbocycles. The van der Waals surface area contributed by atoms with Gasteiger partial charge in [-0.3, -0.25) is 4.79 Å². The third-order valence-corrected chi connectivity index (χ3v) is 3.41. The van der Waals surface area contributed by atoms with Gasteiger partial charge >= 0.3 is 0 Å². The summed E-state index contributed by atoms with van der Waals surface area (Å²) in [4.78, 5) is 18.6. The van der Waals surface area contributed by atoms with Gasteiger partial charge in [0.05, 0.1) is 12.8 Å². The van der Waals surface area contributed by atoms with Gasteiger partial charge < -0.3 is 13.7 Å². The predicted octanol–water partition coefficient (Wildman–Crippen LogP) is 3.09. The van der Waals surface area contributed by atoms with Crippen LogP contribution in [0, 0.1) is 6.92 Å². The quantitative estimate of drug-likeness (QED) is 0.692. The van der Waals surface area contributed by atoms with Crippen LogP contribution in [0.1, 0.15) is 35.4 Å². The van der Waals surface area contributed by atoms with Crippen LogP contribution in [-0.2, 0) is 6.54 Å². The summed E-state index contributed by atoms with van der Waals surface area (Å²) in [5, 5.41) is 7.95. The molecule has 3 aromatic heterocycles. The number of amides is 1. The molecule has 7 heteroatoms. The molecule has 0 radical (unpaired) electrons. The van der Waals surface area contributed by atoms with E-state index in [0.717, 1.165) is 12.1 Å². The van der Waals surface area contributed by atoms with E-state index in [1.54, 1.807) is 23.1 Å². The van der Waals surface area contributed by atoms with Gasteiger partial charge in [-0.1, -0.05) is 13.0 Å². The molecule has 0 N–H and O–H groups in total. The van der Waals surface area contributed by atoms with Crippen molar-refractivity contribution in [3.63, 3.8) is 0 Å². The number of nitrogens with zero attached hydrogens (tertiary/aromatic N) is 4. The maximum absolute atomic E-state index is 12.7. The highest BCUT2D eigenvalue weighted by atomic mass is 16.4. The van der Waals surface area contributed by atoms with Gasteiger partial charge in [0.2, 0.25) is 5.89 Å². The van der Waals surface area contributed by atoms with Crippen molar-refractivity contribution in [1.29, 1.82) is 0 Å². The fourth-order valence-electron chi connectivity index (χ4n) is 2.33. The Labute approximate surface area is 139 Å². The van der Waals surface area contributed by atoms with E-state index in [4.69, 9.17) is 8.83 Å². The van der Waals surface area contributed by atoms with Crippen LogP contribution in [0.5, 0.6) is 0 Å². The highest BCUT2D eigenvalue weighted by molar-refractivity contribution is 5.92. The summed E-state index contributed by atoms with van der Waals surface area (Å²) in [5.41, 5.74) is 1.21. The summed E-state index contributed by atoms with van der Waals surface area (Å²) in [5.74, 6) is 1.00. The van der Waals surface area contributed by atoms with Crippen LogP contribution < -0.4 is 0 Å². The largest absolute Gasteiger partial charge is 0.459 e. The van der Waals surface area contributed by atoms with Crippen molar-refractivity contribution >= 4 is 5.91 Å². The molecule has 0 fully saturated rings. The van der Waals surface area contributed by atoms with E-state index >= 15 is 0 Å². The number of aromatic nitrogens is 3. The summed E-state index contributed by atoms with van der Waals surface area (Å²) >= 11 is 0. The third kappa shape index (κ3) is 3.51. The van der Waals surface area contributed by atoms with E-state index in [-0.39, 0.29) is 12.5 Å². The normalized spacial score (nSPS) is 10.8. The zero-order valence-corrected chi connectivity index (χ0v) is 13.6. The minimum Gasteiger partial charge on any atom is -0.459 e. The van der Waals surface area contributed by atoms with Gasteiger partial charge in [-0.25, -0.2) is 4.98 Å². The fraction of sp³-hybridized carbons (Fsp3) is 0.294. The highest BCUT2D eigenvalue weighted by Crippen LogP contribution is 2.19. The SMILES string of the molecule is CCCN(Cc1nnc(-c2ccco2)o1)C(=O)c1cccc(C)n1. The van der Waals surface area contributed by atoms with Crippen molar-refractivity contribution in [2.24, 2.45) is 0 Å². The lowest BCUT2D eigenvalue weighted by Crippen LogP contribution is -2.32. The molecule has 24 heavy (non-hydrogen) atoms. The second-order valence-corrected chi connectivity index (χ2v) is 5.37. The lowest BCUT2D eigenvalue weighted by atomic mass is 10.2. The maximum Gasteiger partial charge on any atom is 0.283 e. The average molecular weight is 326 g/mol. The van der Waals surface area contributed by atoms with E-state index in [1.807, 2.05) is 26.0 Å². The van der Waals surface area contributed by atoms with Gasteiger partial charge in [0.15, 0.2) is 5.76 Å². The molecule has 124 valence electrons. The van der Waals surface area contributed by atoms with E-state index in [2.05, 4.69) is 15.2 Å². The Balaban J connectivity index is 1.78. The first-order chi connectivity index (χ1) is 11.7. The number of hydrogen-bond acceptors (Lipinski definition) is 6. The molecule has 0 saturated heterocycles. The zero-order valence-electron chi connectivity index (χ0n) is 13.6. The van der Waals surface area contributed by atoms with Crippen molar-refractivity contribution in [2.75, 3.05) is 6.54 Å². The summed E-state index contributed by atoms with van der Waals surface area (Å²) in [7, 11) is 0. The molecule has 0 aliphatic carbocycles. The van der Waals surface area contributed by atoms with Crippen LogP contribution in [0.25, 0.3) is 11.7 Å². The van der Waals surface area contributed by atoms with Crippen LogP contribution >= 0.6 is 0 Å². The monoisotopic (exact) mass is 326 g/mol. The molecule has 0 unspecified atom stereocenters. The van der Waals surface area contributed by atoms with Gasteiger partial charge in [0, 0.05) is 12.2 Å². The topological polar surface area (TPSA) is 85.3 Å². The number of pyridine rings is 1. The molecule has 0 bridgehead atoms. The number of aryl methyl sites for hydroxylation is 1. The Bertz CT molecular complexity index is 811. The van der Waals surface area contributed by atoms with Crippen LogP contribution in [0.2, 0.25) is 0 Å². The summed E-state index contributed by atoms with van der Waals surface area (Å²) in [6.07, 6.45) is 2.35. The van der Waals surface area contributed by atoms with E-state index < -0.39 is 0 Å². The second-order valence-electron chi connectivity index (χ2n) is 5.37. The fourth-order valence-corrected chi connectivity index (χ4v) is 2.33. The van der Waals surface area contributed by atoms with Crippen LogP contribution in [-0.4, -0.2) is 32.5 Å². The third-order valence-electron chi connectivity index (χ3n) is 3.41. The van der Waals surface area contributed by atoms with Crippen LogP contribution in [0.15, 0.2) is 45.4 Å². The van der Waals surface area contributed by atoms with Gasteiger partial charge in [0.1, 0.15) is 5.69 Å². The van der Waals surface area contributed by atoms with Crippen molar-refractivity contribution in [2.45, 2.75) is 26.8 Å². The smallest absolute Gasteiger partial charge is 0.283 e. The molecule has 7 nitrogen and oxygen atoms in total. The Kier molecular flexibility index (Phi) is 4.69. The highest BCUT2D eigenvalue weighted by Gasteiger charge is 2.20. The molecule has 3 rings (SSSR count). The number of hydrogen-bond donors (Lipinski definition) is 0. The van der Waals surface area contributed by atoms with Gasteiger partial charge in [-0.15, -0.1) is 10.2 Å². The van der Waals surface area contributed by atoms with Crippen molar-refractivity contribution in [1.82, 2.24) is 20.1 Å². The second kappa shape index (κ2) is 7.08. The standard InChI is InChI=1S/C17H18N4O3/c1-3-9-21(17(22)13-7-4-6-12(2)18-13)11-15-19-20-16(24-15)14-8-5-10-23-14/h4-8,10H,3,9,11H2,1-2H3. The molecule has 0 atom stereocenters. The average Bonchev–Trinajstić information content (AvgIpc) is 3.25. The number of carbonyl (C=O) groups is 1. The minimum absolute atomic E-state index is 0.154. The molecular formula is C17H18N4O3.